The Morgan fingerprint density at radius 3 is 2.43 bits per heavy atom. The number of imidazole rings is 1. The molecule has 0 saturated carbocycles. The lowest BCUT2D eigenvalue weighted by Crippen LogP contribution is -2.24. The molecule has 2 aromatic heterocycles. The molecule has 4 aromatic carbocycles. The predicted molar refractivity (Wildman–Crippen MR) is 150 cm³/mol. The molecule has 0 fully saturated rings. The third kappa shape index (κ3) is 3.59. The van der Waals surface area contributed by atoms with Gasteiger partial charge in [-0.25, -0.2) is 9.38 Å². The van der Waals surface area contributed by atoms with E-state index in [1.54, 1.807) is 4.40 Å². The number of benzene rings is 4. The second-order valence-corrected chi connectivity index (χ2v) is 10.3. The van der Waals surface area contributed by atoms with Crippen molar-refractivity contribution in [2.75, 3.05) is 0 Å². The molecular formula is C32H22N2O2S. The van der Waals surface area contributed by atoms with Crippen LogP contribution < -0.4 is 14.8 Å². The molecule has 0 aliphatic carbocycles. The molecule has 0 radical (unpaired) electrons. The number of thiazole rings is 1. The van der Waals surface area contributed by atoms with Crippen molar-refractivity contribution in [1.82, 2.24) is 9.38 Å². The first-order valence-corrected chi connectivity index (χ1v) is 13.0. The minimum atomic E-state index is -0.0914. The van der Waals surface area contributed by atoms with Crippen molar-refractivity contribution in [3.8, 4) is 5.75 Å². The van der Waals surface area contributed by atoms with E-state index in [1.807, 2.05) is 66.7 Å². The van der Waals surface area contributed by atoms with E-state index >= 15 is 0 Å². The predicted octanol–water partition coefficient (Wildman–Crippen LogP) is 6.35. The number of fused-ring (bicyclic) bond motifs is 4. The number of allylic oxidation sites excluding steroid dienone is 1. The van der Waals surface area contributed by atoms with E-state index in [-0.39, 0.29) is 11.5 Å². The van der Waals surface area contributed by atoms with Gasteiger partial charge in [-0.3, -0.25) is 4.79 Å². The first-order valence-electron chi connectivity index (χ1n) is 12.2. The highest BCUT2D eigenvalue weighted by Gasteiger charge is 2.31. The van der Waals surface area contributed by atoms with Gasteiger partial charge in [0.05, 0.1) is 15.6 Å². The van der Waals surface area contributed by atoms with Crippen LogP contribution in [0.15, 0.2) is 113 Å². The summed E-state index contributed by atoms with van der Waals surface area (Å²) in [4.78, 5) is 19.1. The van der Waals surface area contributed by atoms with E-state index in [9.17, 15) is 4.79 Å². The molecule has 0 amide bonds. The summed E-state index contributed by atoms with van der Waals surface area (Å²) in [5.74, 6) is 1.50. The SMILES string of the molecule is Cc1ccc([C@H]2C(C=c3sc4nc5ccccc5n4c3=O)=C(c3ccccc3)Oc3ccccc32)cc1. The van der Waals surface area contributed by atoms with Gasteiger partial charge < -0.3 is 4.74 Å². The van der Waals surface area contributed by atoms with Crippen LogP contribution in [-0.4, -0.2) is 9.38 Å². The van der Waals surface area contributed by atoms with Crippen LogP contribution in [0.4, 0.5) is 0 Å². The Morgan fingerprint density at radius 2 is 1.59 bits per heavy atom. The second kappa shape index (κ2) is 8.57. The average Bonchev–Trinajstić information content (AvgIpc) is 3.45. The molecule has 0 saturated heterocycles. The number of hydrogen-bond acceptors (Lipinski definition) is 4. The molecule has 0 spiro atoms. The third-order valence-corrected chi connectivity index (χ3v) is 7.86. The Kier molecular flexibility index (Phi) is 5.05. The fourth-order valence-corrected chi connectivity index (χ4v) is 6.09. The number of para-hydroxylation sites is 3. The first kappa shape index (κ1) is 21.8. The zero-order valence-electron chi connectivity index (χ0n) is 20.1. The minimum Gasteiger partial charge on any atom is -0.456 e. The van der Waals surface area contributed by atoms with E-state index in [2.05, 4.69) is 49.4 Å². The Labute approximate surface area is 217 Å². The van der Waals surface area contributed by atoms with Gasteiger partial charge in [0.2, 0.25) is 0 Å². The molecule has 37 heavy (non-hydrogen) atoms. The maximum absolute atomic E-state index is 13.7. The van der Waals surface area contributed by atoms with Crippen LogP contribution in [0.1, 0.15) is 28.2 Å². The van der Waals surface area contributed by atoms with Gasteiger partial charge in [-0.05, 0) is 36.8 Å². The number of rotatable bonds is 3. The van der Waals surface area contributed by atoms with Crippen molar-refractivity contribution in [2.45, 2.75) is 12.8 Å². The lowest BCUT2D eigenvalue weighted by Gasteiger charge is -2.30. The van der Waals surface area contributed by atoms with Crippen molar-refractivity contribution < 1.29 is 4.74 Å². The van der Waals surface area contributed by atoms with Gasteiger partial charge in [-0.1, -0.05) is 102 Å². The molecule has 4 nitrogen and oxygen atoms in total. The fraction of sp³-hybridized carbons (Fsp3) is 0.0625. The zero-order chi connectivity index (χ0) is 24.9. The van der Waals surface area contributed by atoms with Crippen LogP contribution in [0, 0.1) is 6.92 Å². The zero-order valence-corrected chi connectivity index (χ0v) is 20.9. The molecule has 7 rings (SSSR count). The fourth-order valence-electron chi connectivity index (χ4n) is 5.11. The van der Waals surface area contributed by atoms with E-state index in [1.165, 1.54) is 16.9 Å². The number of ether oxygens (including phenoxy) is 1. The molecule has 178 valence electrons. The Bertz CT molecular complexity index is 1930. The summed E-state index contributed by atoms with van der Waals surface area (Å²) in [6.45, 7) is 2.09. The number of hydrogen-bond donors (Lipinski definition) is 0. The van der Waals surface area contributed by atoms with Gasteiger partial charge in [0, 0.05) is 22.6 Å². The molecule has 0 N–H and O–H groups in total. The van der Waals surface area contributed by atoms with Crippen LogP contribution in [0.5, 0.6) is 5.75 Å². The highest BCUT2D eigenvalue weighted by atomic mass is 32.1. The smallest absolute Gasteiger partial charge is 0.274 e. The van der Waals surface area contributed by atoms with Gasteiger partial charge in [0.1, 0.15) is 11.5 Å². The van der Waals surface area contributed by atoms with E-state index in [0.29, 0.717) is 9.49 Å². The highest BCUT2D eigenvalue weighted by molar-refractivity contribution is 7.15. The molecule has 0 bridgehead atoms. The average molecular weight is 499 g/mol. The van der Waals surface area contributed by atoms with Crippen LogP contribution in [0.25, 0.3) is 27.8 Å². The van der Waals surface area contributed by atoms with Crippen LogP contribution >= 0.6 is 11.3 Å². The van der Waals surface area contributed by atoms with Gasteiger partial charge in [-0.2, -0.15) is 0 Å². The normalized spacial score (nSPS) is 15.8. The maximum Gasteiger partial charge on any atom is 0.274 e. The summed E-state index contributed by atoms with van der Waals surface area (Å²) >= 11 is 1.42. The van der Waals surface area contributed by atoms with Gasteiger partial charge in [0.15, 0.2) is 4.96 Å². The second-order valence-electron chi connectivity index (χ2n) is 9.27. The molecule has 1 aliphatic heterocycles. The Hall–Kier alpha value is -4.48. The highest BCUT2D eigenvalue weighted by Crippen LogP contribution is 2.46. The summed E-state index contributed by atoms with van der Waals surface area (Å²) in [5.41, 5.74) is 6.96. The topological polar surface area (TPSA) is 43.6 Å². The number of aryl methyl sites for hydroxylation is 1. The molecule has 0 unspecified atom stereocenters. The van der Waals surface area contributed by atoms with Crippen LogP contribution in [-0.2, 0) is 0 Å². The summed E-state index contributed by atoms with van der Waals surface area (Å²) in [7, 11) is 0. The molecule has 5 heteroatoms. The van der Waals surface area contributed by atoms with E-state index in [0.717, 1.165) is 44.8 Å². The molecule has 1 aliphatic rings. The number of aromatic nitrogens is 2. The van der Waals surface area contributed by atoms with Crippen molar-refractivity contribution in [3.05, 3.63) is 146 Å². The van der Waals surface area contributed by atoms with Crippen molar-refractivity contribution in [1.29, 1.82) is 0 Å². The van der Waals surface area contributed by atoms with Crippen molar-refractivity contribution >= 4 is 39.2 Å². The minimum absolute atomic E-state index is 0.0601. The molecular weight excluding hydrogens is 476 g/mol. The van der Waals surface area contributed by atoms with Crippen LogP contribution in [0.2, 0.25) is 0 Å². The standard InChI is InChI=1S/C32H22N2O2S/c1-20-15-17-21(18-16-20)29-23-11-5-8-14-27(23)36-30(22-9-3-2-4-10-22)24(29)19-28-31(35)34-26-13-7-6-12-25(26)33-32(34)37-28/h2-19,29H,1H3/t29-/m1/s1. The summed E-state index contributed by atoms with van der Waals surface area (Å²) in [6.07, 6.45) is 2.01. The summed E-state index contributed by atoms with van der Waals surface area (Å²) < 4.78 is 8.92. The maximum atomic E-state index is 13.7. The number of nitrogens with zero attached hydrogens (tertiary/aromatic N) is 2. The van der Waals surface area contributed by atoms with Gasteiger partial charge in [0.25, 0.3) is 5.56 Å². The van der Waals surface area contributed by atoms with Gasteiger partial charge >= 0.3 is 0 Å². The monoisotopic (exact) mass is 498 g/mol. The van der Waals surface area contributed by atoms with Gasteiger partial charge in [-0.15, -0.1) is 0 Å². The van der Waals surface area contributed by atoms with E-state index < -0.39 is 0 Å². The van der Waals surface area contributed by atoms with Crippen LogP contribution in [0.3, 0.4) is 0 Å². The summed E-state index contributed by atoms with van der Waals surface area (Å²) in [6, 6.07) is 34.7. The Balaban J connectivity index is 1.54. The molecule has 1 atom stereocenters. The molecule has 3 heterocycles. The lowest BCUT2D eigenvalue weighted by atomic mass is 9.81. The van der Waals surface area contributed by atoms with Crippen molar-refractivity contribution in [3.63, 3.8) is 0 Å². The first-order chi connectivity index (χ1) is 18.2. The molecule has 6 aromatic rings. The third-order valence-electron chi connectivity index (χ3n) is 6.89. The summed E-state index contributed by atoms with van der Waals surface area (Å²) in [5, 5.41) is 0. The lowest BCUT2D eigenvalue weighted by molar-refractivity contribution is 0.488. The largest absolute Gasteiger partial charge is 0.456 e. The quantitative estimate of drug-likeness (QED) is 0.285. The van der Waals surface area contributed by atoms with E-state index in [4.69, 9.17) is 9.72 Å². The van der Waals surface area contributed by atoms with Crippen molar-refractivity contribution in [2.24, 2.45) is 0 Å². The Morgan fingerprint density at radius 1 is 0.865 bits per heavy atom.